The van der Waals surface area contributed by atoms with Crippen LogP contribution in [0.1, 0.15) is 18.5 Å². The van der Waals surface area contributed by atoms with Crippen LogP contribution in [-0.4, -0.2) is 93.4 Å². The van der Waals surface area contributed by atoms with Crippen LogP contribution >= 0.6 is 0 Å². The first-order valence-electron chi connectivity index (χ1n) is 10.3. The van der Waals surface area contributed by atoms with E-state index in [2.05, 4.69) is 20.2 Å². The van der Waals surface area contributed by atoms with Crippen molar-refractivity contribution in [1.29, 1.82) is 0 Å². The Hall–Kier alpha value is -3.45. The summed E-state index contributed by atoms with van der Waals surface area (Å²) in [6.45, 7) is 0.277. The monoisotopic (exact) mass is 518 g/mol. The first-order chi connectivity index (χ1) is 16.5. The molecule has 3 saturated heterocycles. The van der Waals surface area contributed by atoms with Crippen LogP contribution in [0.25, 0.3) is 0 Å². The van der Waals surface area contributed by atoms with Gasteiger partial charge in [0.25, 0.3) is 5.91 Å². The predicted molar refractivity (Wildman–Crippen MR) is 111 cm³/mol. The summed E-state index contributed by atoms with van der Waals surface area (Å²) in [4.78, 5) is 48.2. The van der Waals surface area contributed by atoms with Crippen LogP contribution in [-0.2, 0) is 35.8 Å². The second-order valence-corrected chi connectivity index (χ2v) is 8.93. The van der Waals surface area contributed by atoms with Crippen LogP contribution in [0.15, 0.2) is 22.2 Å². The van der Waals surface area contributed by atoms with Crippen LogP contribution in [0.5, 0.6) is 5.75 Å². The van der Waals surface area contributed by atoms with Gasteiger partial charge in [0, 0.05) is 25.7 Å². The van der Waals surface area contributed by atoms with Gasteiger partial charge < -0.3 is 25.4 Å². The minimum absolute atomic E-state index is 0.0329. The number of piperidine rings is 1. The molecular formula is C17H22N6O11S. The molecule has 192 valence electrons. The highest BCUT2D eigenvalue weighted by molar-refractivity contribution is 7.80. The zero-order chi connectivity index (χ0) is 25.3. The molecule has 5 N–H and O–H groups in total. The fraction of sp³-hybridized carbons (Fsp3) is 0.529. The Morgan fingerprint density at radius 1 is 1.31 bits per heavy atom. The molecule has 3 aliphatic rings. The second-order valence-electron chi connectivity index (χ2n) is 7.93. The quantitative estimate of drug-likeness (QED) is 0.139. The highest BCUT2D eigenvalue weighted by Gasteiger charge is 2.49. The number of amides is 3. The van der Waals surface area contributed by atoms with E-state index in [1.807, 2.05) is 0 Å². The van der Waals surface area contributed by atoms with Gasteiger partial charge in [-0.3, -0.25) is 19.0 Å². The number of carbonyl (C=O) groups is 2. The Morgan fingerprint density at radius 2 is 2.09 bits per heavy atom. The van der Waals surface area contributed by atoms with E-state index < -0.39 is 51.7 Å². The van der Waals surface area contributed by atoms with E-state index >= 15 is 0 Å². The second kappa shape index (κ2) is 9.66. The molecule has 0 saturated carbocycles. The molecule has 4 rings (SSSR count). The highest BCUT2D eigenvalue weighted by atomic mass is 32.3. The fourth-order valence-electron chi connectivity index (χ4n) is 3.91. The third-order valence-electron chi connectivity index (χ3n) is 5.59. The van der Waals surface area contributed by atoms with Gasteiger partial charge >= 0.3 is 16.4 Å². The van der Waals surface area contributed by atoms with Gasteiger partial charge in [0.15, 0.2) is 12.4 Å². The number of rotatable bonds is 8. The number of oxime groups is 1. The molecule has 2 unspecified atom stereocenters. The van der Waals surface area contributed by atoms with E-state index in [0.717, 1.165) is 17.2 Å². The van der Waals surface area contributed by atoms with Crippen LogP contribution in [0.3, 0.4) is 0 Å². The number of nitrogens with zero attached hydrogens (tertiary/aromatic N) is 4. The number of aromatic nitrogens is 1. The average molecular weight is 518 g/mol. The largest absolute Gasteiger partial charge is 0.503 e. The van der Waals surface area contributed by atoms with Gasteiger partial charge in [-0.2, -0.15) is 18.2 Å². The number of carbonyl (C=O) groups excluding carboxylic acids is 2. The van der Waals surface area contributed by atoms with Gasteiger partial charge in [0.05, 0.1) is 12.2 Å². The van der Waals surface area contributed by atoms with Gasteiger partial charge in [-0.1, -0.05) is 5.16 Å². The Labute approximate surface area is 197 Å². The lowest BCUT2D eigenvalue weighted by Crippen LogP contribution is -2.50. The van der Waals surface area contributed by atoms with Crippen LogP contribution in [0.2, 0.25) is 0 Å². The summed E-state index contributed by atoms with van der Waals surface area (Å²) in [5.41, 5.74) is 1.97. The van der Waals surface area contributed by atoms with Crippen molar-refractivity contribution < 1.29 is 46.8 Å². The zero-order valence-corrected chi connectivity index (χ0v) is 18.8. The van der Waals surface area contributed by atoms with E-state index in [0.29, 0.717) is 15.5 Å². The molecule has 35 heavy (non-hydrogen) atoms. The molecule has 17 nitrogen and oxygen atoms in total. The summed E-state index contributed by atoms with van der Waals surface area (Å²) < 4.78 is 35.6. The number of urea groups is 1. The lowest BCUT2D eigenvalue weighted by atomic mass is 10.0. The average Bonchev–Trinajstić information content (AvgIpc) is 3.33. The minimum atomic E-state index is -4.90. The van der Waals surface area contributed by atoms with Crippen molar-refractivity contribution >= 4 is 28.0 Å². The zero-order valence-electron chi connectivity index (χ0n) is 17.9. The van der Waals surface area contributed by atoms with E-state index in [1.165, 1.54) is 0 Å². The SMILES string of the molecule is O=C(NOC1CNC/C1=N\OCc1cc(=O)c(O)cn1O)[C@@H]1CCC2CN1C(=O)N2OS(=O)(=O)O. The molecule has 3 fully saturated rings. The Bertz CT molecular complexity index is 1200. The summed E-state index contributed by atoms with van der Waals surface area (Å²) in [6.07, 6.45) is 0.563. The van der Waals surface area contributed by atoms with Crippen LogP contribution in [0.4, 0.5) is 4.79 Å². The number of hydroxylamine groups is 3. The molecule has 1 aromatic rings. The van der Waals surface area contributed by atoms with Gasteiger partial charge in [0.1, 0.15) is 23.6 Å². The van der Waals surface area contributed by atoms with Gasteiger partial charge in [-0.05, 0) is 12.8 Å². The number of fused-ring (bicyclic) bond motifs is 2. The smallest absolute Gasteiger partial charge is 0.418 e. The number of pyridine rings is 1. The third-order valence-corrected chi connectivity index (χ3v) is 5.94. The number of nitrogens with one attached hydrogen (secondary N) is 2. The van der Waals surface area contributed by atoms with E-state index in [1.54, 1.807) is 0 Å². The standard InChI is InChI=1S/C17H22N6O11S/c24-13-3-10(22(28)7-14(13)25)8-32-19-11-4-18-5-15(11)33-20-16(26)12-2-1-9-6-21(12)17(27)23(9)34-35(29,30)31/h3,7,9,12,15,18,25,28H,1-2,4-6,8H2,(H,20,26)(H,29,30,31)/b19-11+/t9?,12-,15?/m0/s1. The van der Waals surface area contributed by atoms with Crippen molar-refractivity contribution in [3.63, 3.8) is 0 Å². The van der Waals surface area contributed by atoms with Gasteiger partial charge in [-0.15, -0.1) is 4.28 Å². The molecule has 0 spiro atoms. The summed E-state index contributed by atoms with van der Waals surface area (Å²) in [7, 11) is -4.90. The molecule has 3 amide bonds. The van der Waals surface area contributed by atoms with Crippen molar-refractivity contribution in [2.45, 2.75) is 37.6 Å². The lowest BCUT2D eigenvalue weighted by molar-refractivity contribution is -0.140. The molecule has 0 radical (unpaired) electrons. The van der Waals surface area contributed by atoms with Gasteiger partial charge in [-0.25, -0.2) is 10.3 Å². The van der Waals surface area contributed by atoms with E-state index in [4.69, 9.17) is 14.2 Å². The van der Waals surface area contributed by atoms with Crippen LogP contribution < -0.4 is 16.2 Å². The van der Waals surface area contributed by atoms with Crippen LogP contribution in [0, 0.1) is 0 Å². The lowest BCUT2D eigenvalue weighted by Gasteiger charge is -2.29. The Balaban J connectivity index is 1.31. The summed E-state index contributed by atoms with van der Waals surface area (Å²) >= 11 is 0. The Morgan fingerprint density at radius 3 is 2.83 bits per heavy atom. The number of aromatic hydroxyl groups is 1. The topological polar surface area (TPSA) is 222 Å². The fourth-order valence-corrected chi connectivity index (χ4v) is 4.30. The third kappa shape index (κ3) is 5.46. The molecule has 3 atom stereocenters. The molecule has 18 heteroatoms. The number of hydrogen-bond donors (Lipinski definition) is 5. The minimum Gasteiger partial charge on any atom is -0.503 e. The summed E-state index contributed by atoms with van der Waals surface area (Å²) in [5, 5.41) is 26.4. The van der Waals surface area contributed by atoms with Crippen molar-refractivity contribution in [3.8, 4) is 5.75 Å². The van der Waals surface area contributed by atoms with E-state index in [9.17, 15) is 33.1 Å². The highest BCUT2D eigenvalue weighted by Crippen LogP contribution is 2.30. The maximum Gasteiger partial charge on any atom is 0.418 e. The maximum atomic E-state index is 12.7. The van der Waals surface area contributed by atoms with Crippen molar-refractivity contribution in [3.05, 3.63) is 28.2 Å². The molecule has 0 aromatic carbocycles. The Kier molecular flexibility index (Phi) is 6.81. The molecule has 3 aliphatic heterocycles. The van der Waals surface area contributed by atoms with Crippen molar-refractivity contribution in [1.82, 2.24) is 25.5 Å². The molecular weight excluding hydrogens is 496 g/mol. The molecule has 0 aliphatic carbocycles. The first-order valence-corrected chi connectivity index (χ1v) is 11.7. The van der Waals surface area contributed by atoms with Gasteiger partial charge in [0.2, 0.25) is 5.43 Å². The van der Waals surface area contributed by atoms with Crippen molar-refractivity contribution in [2.75, 3.05) is 19.6 Å². The maximum absolute atomic E-state index is 12.7. The summed E-state index contributed by atoms with van der Waals surface area (Å²) in [5.74, 6) is -1.28. The molecule has 2 bridgehead atoms. The molecule has 1 aromatic heterocycles. The first kappa shape index (κ1) is 24.7. The summed E-state index contributed by atoms with van der Waals surface area (Å²) in [6, 6.07) is -1.48. The van der Waals surface area contributed by atoms with E-state index in [-0.39, 0.29) is 44.8 Å². The number of hydrogen-bond acceptors (Lipinski definition) is 12. The molecule has 4 heterocycles. The van der Waals surface area contributed by atoms with Crippen molar-refractivity contribution in [2.24, 2.45) is 5.16 Å². The normalized spacial score (nSPS) is 25.3. The predicted octanol–water partition coefficient (Wildman–Crippen LogP) is -2.31.